The average molecular weight is 1010 g/mol. The van der Waals surface area contributed by atoms with Crippen molar-refractivity contribution in [1.29, 1.82) is 0 Å². The van der Waals surface area contributed by atoms with Gasteiger partial charge in [-0.1, -0.05) is 0 Å². The van der Waals surface area contributed by atoms with E-state index in [1.54, 1.807) is 4.68 Å². The van der Waals surface area contributed by atoms with Crippen LogP contribution in [0.5, 0.6) is 0 Å². The maximum absolute atomic E-state index is 14.1. The molecule has 0 aromatic carbocycles. The summed E-state index contributed by atoms with van der Waals surface area (Å²) in [6, 6.07) is 0. The number of halogens is 6. The molecule has 1 aromatic heterocycles. The van der Waals surface area contributed by atoms with Crippen LogP contribution in [0.3, 0.4) is 0 Å². The molecular formula is C13H12Br3Cl3In3N4O4P. The van der Waals surface area contributed by atoms with Crippen LogP contribution in [-0.2, 0) is 12.5 Å². The van der Waals surface area contributed by atoms with E-state index in [1.807, 2.05) is 18.2 Å². The fourth-order valence-electron chi connectivity index (χ4n) is 3.35. The number of rotatable bonds is 7. The number of alkyl halides is 3. The minimum atomic E-state index is -3.87. The Morgan fingerprint density at radius 2 is 1.55 bits per heavy atom. The number of phosphoric acid groups is 1. The van der Waals surface area contributed by atoms with Gasteiger partial charge in [-0.3, -0.25) is 0 Å². The predicted molar refractivity (Wildman–Crippen MR) is 135 cm³/mol. The summed E-state index contributed by atoms with van der Waals surface area (Å²) in [6.45, 7) is 0. The third-order valence-corrected chi connectivity index (χ3v) is 52.3. The molecule has 31 heavy (non-hydrogen) atoms. The first kappa shape index (κ1) is 27.4. The van der Waals surface area contributed by atoms with Crippen molar-refractivity contribution in [2.24, 2.45) is 0 Å². The fraction of sp³-hybridized carbons (Fsp3) is 0.462. The van der Waals surface area contributed by atoms with Crippen LogP contribution in [0.15, 0.2) is 39.7 Å². The van der Waals surface area contributed by atoms with Crippen LogP contribution in [0.1, 0.15) is 3.80 Å². The molecule has 0 radical (unpaired) electrons. The molecule has 0 fully saturated rings. The van der Waals surface area contributed by atoms with Gasteiger partial charge in [0.05, 0.1) is 0 Å². The maximum atomic E-state index is 14.1. The van der Waals surface area contributed by atoms with Crippen molar-refractivity contribution in [3.63, 3.8) is 0 Å². The van der Waals surface area contributed by atoms with Gasteiger partial charge >= 0.3 is 248 Å². The first-order chi connectivity index (χ1) is 14.7. The molecule has 8 nitrogen and oxygen atoms in total. The van der Waals surface area contributed by atoms with Crippen LogP contribution in [0.25, 0.3) is 0 Å². The van der Waals surface area contributed by atoms with E-state index in [2.05, 4.69) is 63.3 Å². The summed E-state index contributed by atoms with van der Waals surface area (Å²) >= 11 is 20.7. The van der Waals surface area contributed by atoms with Gasteiger partial charge in [0.1, 0.15) is 0 Å². The van der Waals surface area contributed by atoms with E-state index in [0.717, 1.165) is 0 Å². The number of nitrogens with zero attached hydrogens (tertiary/aromatic N) is 4. The van der Waals surface area contributed by atoms with E-state index >= 15 is 0 Å². The molecule has 0 saturated heterocycles. The van der Waals surface area contributed by atoms with E-state index < -0.39 is 73.4 Å². The molecule has 3 aliphatic heterocycles. The zero-order chi connectivity index (χ0) is 22.3. The number of aromatic nitrogens is 4. The molecule has 4 unspecified atom stereocenters. The molecule has 0 aliphatic carbocycles. The molecule has 0 saturated carbocycles. The normalized spacial score (nSPS) is 30.5. The quantitative estimate of drug-likeness (QED) is 0.275. The summed E-state index contributed by atoms with van der Waals surface area (Å²) in [5.74, 6) is 0. The molecule has 4 atom stereocenters. The summed E-state index contributed by atoms with van der Waals surface area (Å²) in [5, 5.41) is 13.4. The standard InChI is InChI=1S/C5H4BrClN4.2C4H4BrCl.3In.H3O4P/c6-3-5(7)1-2-11-4-8-9-10-11;2*1-2-4(6)3-5;;;;1-5(2,3)4/h1-4H;2*2-3H,1H2;;;;(H3,1,2,3,4)/q;;;3*+1;/p-3. The van der Waals surface area contributed by atoms with Gasteiger partial charge in [0, 0.05) is 0 Å². The Morgan fingerprint density at radius 1 is 0.968 bits per heavy atom. The van der Waals surface area contributed by atoms with Gasteiger partial charge in [0.25, 0.3) is 0 Å². The van der Waals surface area contributed by atoms with Gasteiger partial charge < -0.3 is 0 Å². The predicted octanol–water partition coefficient (Wildman–Crippen LogP) is 5.20. The van der Waals surface area contributed by atoms with Gasteiger partial charge in [-0.05, 0) is 0 Å². The van der Waals surface area contributed by atoms with E-state index in [-0.39, 0.29) is 11.5 Å². The monoisotopic (exact) mass is 1010 g/mol. The van der Waals surface area contributed by atoms with Crippen LogP contribution in [0.4, 0.5) is 0 Å². The third kappa shape index (κ3) is 6.43. The zero-order valence-electron chi connectivity index (χ0n) is 15.4. The summed E-state index contributed by atoms with van der Waals surface area (Å²) in [7, 11) is -3.87. The number of hydrogen-bond donors (Lipinski definition) is 0. The Morgan fingerprint density at radius 3 is 2.00 bits per heavy atom. The van der Waals surface area contributed by atoms with Crippen LogP contribution in [0.2, 0.25) is 8.35 Å². The Hall–Kier alpha value is 3.32. The fourth-order valence-corrected chi connectivity index (χ4v) is 55.5. The van der Waals surface area contributed by atoms with Crippen molar-refractivity contribution >= 4 is 156 Å². The van der Waals surface area contributed by atoms with Crippen LogP contribution < -0.4 is 0 Å². The van der Waals surface area contributed by atoms with Gasteiger partial charge in [-0.25, -0.2) is 0 Å². The Kier molecular flexibility index (Phi) is 10.4. The van der Waals surface area contributed by atoms with Gasteiger partial charge in [-0.2, -0.15) is 0 Å². The van der Waals surface area contributed by atoms with Gasteiger partial charge in [-0.15, -0.1) is 0 Å². The van der Waals surface area contributed by atoms with Crippen molar-refractivity contribution in [3.05, 3.63) is 39.7 Å². The van der Waals surface area contributed by atoms with Crippen molar-refractivity contribution in [2.45, 2.75) is 19.9 Å². The van der Waals surface area contributed by atoms with Crippen molar-refractivity contribution in [3.8, 4) is 0 Å². The van der Waals surface area contributed by atoms with E-state index in [4.69, 9.17) is 42.7 Å². The summed E-state index contributed by atoms with van der Waals surface area (Å²) < 4.78 is 35.3. The molecule has 18 heteroatoms. The summed E-state index contributed by atoms with van der Waals surface area (Å²) in [4.78, 5) is 0. The number of allylic oxidation sites excluding steroid dienone is 6. The third-order valence-electron chi connectivity index (χ3n) is 4.94. The Balaban J connectivity index is 1.58. The first-order valence-electron chi connectivity index (χ1n) is 9.07. The van der Waals surface area contributed by atoms with Crippen molar-refractivity contribution < 1.29 is 12.5 Å². The van der Waals surface area contributed by atoms with E-state index in [0.29, 0.717) is 23.5 Å². The SMILES string of the molecule is O=P([O][In]1[CH2]C=C(Cl)[CH]1Br)([O][In]1[CH2]C=C(Cl)[CH]1Br)[O][In]1[CH](Br)C(Cl)=C[CH]1n1cnnn1. The molecule has 0 amide bonds. The Bertz CT molecular complexity index is 939. The minimum absolute atomic E-state index is 0.0766. The molecule has 0 bridgehead atoms. The van der Waals surface area contributed by atoms with Crippen molar-refractivity contribution in [2.75, 3.05) is 0 Å². The van der Waals surface area contributed by atoms with Crippen molar-refractivity contribution in [1.82, 2.24) is 20.2 Å². The topological polar surface area (TPSA) is 88.4 Å². The van der Waals surface area contributed by atoms with Crippen LogP contribution >= 0.6 is 90.4 Å². The molecule has 4 rings (SSSR count). The molecular weight excluding hydrogens is 998 g/mol. The van der Waals surface area contributed by atoms with E-state index in [9.17, 15) is 4.57 Å². The molecule has 1 aromatic rings. The Labute approximate surface area is 244 Å². The van der Waals surface area contributed by atoms with Crippen LogP contribution in [-0.4, -0.2) is 93.6 Å². The molecule has 4 heterocycles. The molecule has 0 N–H and O–H groups in total. The first-order valence-corrected chi connectivity index (χ1v) is 30.7. The van der Waals surface area contributed by atoms with Gasteiger partial charge in [0.15, 0.2) is 0 Å². The number of tetrazole rings is 1. The second-order valence-corrected chi connectivity index (χ2v) is 45.7. The number of hydrogen-bond acceptors (Lipinski definition) is 7. The summed E-state index contributed by atoms with van der Waals surface area (Å²) in [6.07, 6.45) is 7.19. The second-order valence-electron chi connectivity index (χ2n) is 6.99. The second kappa shape index (κ2) is 11.8. The zero-order valence-corrected chi connectivity index (χ0v) is 33.2. The summed E-state index contributed by atoms with van der Waals surface area (Å²) in [5.41, 5.74) is 0. The van der Waals surface area contributed by atoms with Gasteiger partial charge in [0.2, 0.25) is 0 Å². The van der Waals surface area contributed by atoms with E-state index in [1.165, 1.54) is 6.33 Å². The van der Waals surface area contributed by atoms with Crippen LogP contribution in [0, 0.1) is 0 Å². The molecule has 3 aliphatic rings. The average Bonchev–Trinajstić information content (AvgIpc) is 3.49. The molecule has 0 spiro atoms. The molecule has 164 valence electrons.